The molecule has 0 radical (unpaired) electrons. The summed E-state index contributed by atoms with van der Waals surface area (Å²) in [5.74, 6) is 0.0808. The summed E-state index contributed by atoms with van der Waals surface area (Å²) in [7, 11) is 0. The third-order valence-corrected chi connectivity index (χ3v) is 7.04. The van der Waals surface area contributed by atoms with Crippen molar-refractivity contribution in [3.63, 3.8) is 0 Å². The van der Waals surface area contributed by atoms with E-state index in [0.717, 1.165) is 51.7 Å². The molecule has 4 fully saturated rings. The lowest BCUT2D eigenvalue weighted by atomic mass is 9.96. The number of amides is 3. The van der Waals surface area contributed by atoms with Crippen molar-refractivity contribution in [1.82, 2.24) is 20.4 Å². The molecule has 0 bridgehead atoms. The number of carbonyl (C=O) groups excluding carboxylic acids is 2. The molecule has 28 heavy (non-hydrogen) atoms. The molecule has 1 saturated carbocycles. The smallest absolute Gasteiger partial charge is 0.318 e. The van der Waals surface area contributed by atoms with Crippen molar-refractivity contribution >= 4 is 11.9 Å². The molecule has 0 aromatic carbocycles. The van der Waals surface area contributed by atoms with E-state index < -0.39 is 6.10 Å². The maximum Gasteiger partial charge on any atom is 0.318 e. The Bertz CT molecular complexity index is 558. The molecule has 4 rings (SSSR count). The van der Waals surface area contributed by atoms with Crippen LogP contribution in [0.1, 0.15) is 64.7 Å². The second-order valence-electron chi connectivity index (χ2n) is 8.98. The first-order valence-corrected chi connectivity index (χ1v) is 11.4. The molecule has 7 nitrogen and oxygen atoms in total. The van der Waals surface area contributed by atoms with Crippen LogP contribution in [-0.2, 0) is 9.53 Å². The first kappa shape index (κ1) is 20.0. The van der Waals surface area contributed by atoms with Gasteiger partial charge in [-0.15, -0.1) is 0 Å². The Balaban J connectivity index is 1.32. The van der Waals surface area contributed by atoms with Gasteiger partial charge in [0, 0.05) is 19.1 Å². The van der Waals surface area contributed by atoms with Crippen molar-refractivity contribution in [3.8, 4) is 0 Å². The van der Waals surface area contributed by atoms with Gasteiger partial charge in [-0.2, -0.15) is 0 Å². The van der Waals surface area contributed by atoms with Crippen molar-refractivity contribution in [1.29, 1.82) is 0 Å². The molecule has 4 aliphatic rings. The van der Waals surface area contributed by atoms with E-state index in [1.54, 1.807) is 0 Å². The van der Waals surface area contributed by atoms with Gasteiger partial charge in [-0.1, -0.05) is 25.7 Å². The SMILES string of the molecule is CC(OC1CCCCCC1)C(=O)N1CCC2C(C1)NC(=O)N2C1CCNCC1. The van der Waals surface area contributed by atoms with E-state index in [9.17, 15) is 9.59 Å². The number of carbonyl (C=O) groups is 2. The summed E-state index contributed by atoms with van der Waals surface area (Å²) in [5.41, 5.74) is 0. The van der Waals surface area contributed by atoms with Gasteiger partial charge in [0.2, 0.25) is 0 Å². The van der Waals surface area contributed by atoms with Gasteiger partial charge in [0.25, 0.3) is 5.91 Å². The Labute approximate surface area is 168 Å². The Morgan fingerprint density at radius 3 is 2.50 bits per heavy atom. The molecular weight excluding hydrogens is 356 g/mol. The molecule has 1 aliphatic carbocycles. The van der Waals surface area contributed by atoms with Crippen LogP contribution in [0, 0.1) is 0 Å². The maximum absolute atomic E-state index is 13.0. The van der Waals surface area contributed by atoms with Gasteiger partial charge in [0.15, 0.2) is 0 Å². The van der Waals surface area contributed by atoms with Crippen molar-refractivity contribution in [2.75, 3.05) is 26.2 Å². The van der Waals surface area contributed by atoms with Crippen LogP contribution in [0.2, 0.25) is 0 Å². The van der Waals surface area contributed by atoms with E-state index in [1.807, 2.05) is 11.8 Å². The number of nitrogens with one attached hydrogen (secondary N) is 2. The number of likely N-dealkylation sites (tertiary alicyclic amines) is 1. The average Bonchev–Trinajstić information content (AvgIpc) is 2.86. The third-order valence-electron chi connectivity index (χ3n) is 7.04. The number of fused-ring (bicyclic) bond motifs is 1. The minimum Gasteiger partial charge on any atom is -0.365 e. The Kier molecular flexibility index (Phi) is 6.41. The van der Waals surface area contributed by atoms with Crippen molar-refractivity contribution in [2.45, 2.75) is 95.0 Å². The van der Waals surface area contributed by atoms with Crippen LogP contribution >= 0.6 is 0 Å². The quantitative estimate of drug-likeness (QED) is 0.717. The molecule has 3 heterocycles. The van der Waals surface area contributed by atoms with Crippen LogP contribution in [0.15, 0.2) is 0 Å². The molecular formula is C21H36N4O3. The number of nitrogens with zero attached hydrogens (tertiary/aromatic N) is 2. The number of piperidine rings is 2. The highest BCUT2D eigenvalue weighted by molar-refractivity contribution is 5.82. The molecule has 0 spiro atoms. The van der Waals surface area contributed by atoms with Crippen molar-refractivity contribution in [3.05, 3.63) is 0 Å². The molecule has 3 aliphatic heterocycles. The van der Waals surface area contributed by atoms with E-state index >= 15 is 0 Å². The van der Waals surface area contributed by atoms with E-state index in [1.165, 1.54) is 25.7 Å². The molecule has 3 amide bonds. The maximum atomic E-state index is 13.0. The lowest BCUT2D eigenvalue weighted by molar-refractivity contribution is -0.148. The molecule has 2 N–H and O–H groups in total. The standard InChI is InChI=1S/C21H36N4O3/c1-15(28-17-6-4-2-3-5-7-17)20(26)24-13-10-19-18(14-24)23-21(27)25(19)16-8-11-22-12-9-16/h15-19,22H,2-14H2,1H3,(H,23,27). The average molecular weight is 393 g/mol. The van der Waals surface area contributed by atoms with Gasteiger partial charge in [0.05, 0.1) is 18.2 Å². The third kappa shape index (κ3) is 4.30. The minimum atomic E-state index is -0.391. The summed E-state index contributed by atoms with van der Waals surface area (Å²) < 4.78 is 6.14. The molecule has 3 atom stereocenters. The molecule has 0 aromatic rings. The highest BCUT2D eigenvalue weighted by atomic mass is 16.5. The topological polar surface area (TPSA) is 73.9 Å². The second kappa shape index (κ2) is 8.99. The Morgan fingerprint density at radius 2 is 1.79 bits per heavy atom. The first-order chi connectivity index (χ1) is 13.6. The molecule has 158 valence electrons. The summed E-state index contributed by atoms with van der Waals surface area (Å²) in [6, 6.07) is 0.651. The Morgan fingerprint density at radius 1 is 1.07 bits per heavy atom. The van der Waals surface area contributed by atoms with Crippen molar-refractivity contribution in [2.24, 2.45) is 0 Å². The Hall–Kier alpha value is -1.34. The van der Waals surface area contributed by atoms with Crippen molar-refractivity contribution < 1.29 is 14.3 Å². The molecule has 7 heteroatoms. The van der Waals surface area contributed by atoms with Gasteiger partial charge in [-0.05, 0) is 52.1 Å². The van der Waals surface area contributed by atoms with E-state index in [-0.39, 0.29) is 30.1 Å². The zero-order valence-corrected chi connectivity index (χ0v) is 17.2. The van der Waals surface area contributed by atoms with E-state index in [0.29, 0.717) is 12.6 Å². The summed E-state index contributed by atoms with van der Waals surface area (Å²) >= 11 is 0. The van der Waals surface area contributed by atoms with Gasteiger partial charge in [-0.25, -0.2) is 4.79 Å². The monoisotopic (exact) mass is 392 g/mol. The van der Waals surface area contributed by atoms with Gasteiger partial charge in [-0.3, -0.25) is 4.79 Å². The fourth-order valence-corrected chi connectivity index (χ4v) is 5.50. The summed E-state index contributed by atoms with van der Waals surface area (Å²) in [6.07, 6.45) is 9.85. The van der Waals surface area contributed by atoms with Crippen LogP contribution in [0.5, 0.6) is 0 Å². The lowest BCUT2D eigenvalue weighted by Crippen LogP contribution is -2.56. The molecule has 3 unspecified atom stereocenters. The van der Waals surface area contributed by atoms with Gasteiger partial charge < -0.3 is 25.2 Å². The fraction of sp³-hybridized carbons (Fsp3) is 0.905. The van der Waals surface area contributed by atoms with Crippen LogP contribution in [0.3, 0.4) is 0 Å². The van der Waals surface area contributed by atoms with Crippen LogP contribution < -0.4 is 10.6 Å². The zero-order valence-electron chi connectivity index (χ0n) is 17.2. The summed E-state index contributed by atoms with van der Waals surface area (Å²) in [6.45, 7) is 5.18. The van der Waals surface area contributed by atoms with Crippen LogP contribution in [0.4, 0.5) is 4.79 Å². The number of hydrogen-bond acceptors (Lipinski definition) is 4. The molecule has 0 aromatic heterocycles. The number of ether oxygens (including phenoxy) is 1. The van der Waals surface area contributed by atoms with Crippen LogP contribution in [0.25, 0.3) is 0 Å². The molecule has 3 saturated heterocycles. The van der Waals surface area contributed by atoms with E-state index in [4.69, 9.17) is 4.74 Å². The second-order valence-corrected chi connectivity index (χ2v) is 8.98. The van der Waals surface area contributed by atoms with Gasteiger partial charge in [0.1, 0.15) is 6.10 Å². The lowest BCUT2D eigenvalue weighted by Gasteiger charge is -2.41. The predicted octanol–water partition coefficient (Wildman–Crippen LogP) is 1.86. The largest absolute Gasteiger partial charge is 0.365 e. The number of hydrogen-bond donors (Lipinski definition) is 2. The first-order valence-electron chi connectivity index (χ1n) is 11.4. The fourth-order valence-electron chi connectivity index (χ4n) is 5.50. The zero-order chi connectivity index (χ0) is 19.5. The summed E-state index contributed by atoms with van der Waals surface area (Å²) in [4.78, 5) is 29.6. The number of urea groups is 1. The van der Waals surface area contributed by atoms with E-state index in [2.05, 4.69) is 15.5 Å². The predicted molar refractivity (Wildman–Crippen MR) is 107 cm³/mol. The normalized spacial score (nSPS) is 31.2. The minimum absolute atomic E-state index is 0.0465. The van der Waals surface area contributed by atoms with Crippen LogP contribution in [-0.4, -0.2) is 78.3 Å². The van der Waals surface area contributed by atoms with Gasteiger partial charge >= 0.3 is 6.03 Å². The summed E-state index contributed by atoms with van der Waals surface area (Å²) in [5, 5.41) is 6.52. The highest BCUT2D eigenvalue weighted by Gasteiger charge is 2.46. The number of rotatable bonds is 4. The highest BCUT2D eigenvalue weighted by Crippen LogP contribution is 2.28.